The number of allylic oxidation sites excluding steroid dienone is 3. The first kappa shape index (κ1) is 18.9. The van der Waals surface area contributed by atoms with Crippen LogP contribution in [0.5, 0.6) is 0 Å². The number of aryl methyl sites for hydroxylation is 1. The lowest BCUT2D eigenvalue weighted by molar-refractivity contribution is -0.136. The number of sulfonamides is 1. The van der Waals surface area contributed by atoms with Crippen molar-refractivity contribution in [2.45, 2.75) is 18.2 Å². The van der Waals surface area contributed by atoms with E-state index in [-0.39, 0.29) is 11.3 Å². The van der Waals surface area contributed by atoms with Crippen molar-refractivity contribution in [1.29, 1.82) is 0 Å². The zero-order valence-electron chi connectivity index (χ0n) is 13.5. The molecular weight excluding hydrogens is 314 g/mol. The molecule has 0 aliphatic rings. The Morgan fingerprint density at radius 3 is 2.35 bits per heavy atom. The molecular formula is C17H21NO4S. The quantitative estimate of drug-likeness (QED) is 0.778. The normalized spacial score (nSPS) is 11.8. The van der Waals surface area contributed by atoms with E-state index < -0.39 is 16.0 Å². The van der Waals surface area contributed by atoms with Crippen LogP contribution in [0.2, 0.25) is 0 Å². The second-order valence-corrected chi connectivity index (χ2v) is 7.50. The Kier molecular flexibility index (Phi) is 6.06. The molecule has 0 bridgehead atoms. The molecule has 0 amide bonds. The molecule has 0 fully saturated rings. The molecule has 0 saturated heterocycles. The van der Waals surface area contributed by atoms with Crippen LogP contribution in [0.15, 0.2) is 54.0 Å². The molecule has 0 heterocycles. The molecule has 0 aliphatic carbocycles. The monoisotopic (exact) mass is 335 g/mol. The molecule has 6 heteroatoms. The van der Waals surface area contributed by atoms with Crippen LogP contribution in [0.1, 0.15) is 17.5 Å². The van der Waals surface area contributed by atoms with Crippen LogP contribution < -0.4 is 0 Å². The van der Waals surface area contributed by atoms with Gasteiger partial charge in [0.25, 0.3) is 0 Å². The summed E-state index contributed by atoms with van der Waals surface area (Å²) in [6.07, 6.45) is 3.14. The fourth-order valence-electron chi connectivity index (χ4n) is 1.93. The van der Waals surface area contributed by atoms with Crippen LogP contribution in [-0.2, 0) is 14.8 Å². The SMILES string of the molecule is C=C(C=CC(=C)c1ccc(S(=O)(=O)N(C)C)cc1C)CC(=O)O. The van der Waals surface area contributed by atoms with Gasteiger partial charge in [-0.15, -0.1) is 0 Å². The molecule has 1 aromatic rings. The topological polar surface area (TPSA) is 74.7 Å². The zero-order valence-corrected chi connectivity index (χ0v) is 14.4. The van der Waals surface area contributed by atoms with Gasteiger partial charge in [0.1, 0.15) is 0 Å². The van der Waals surface area contributed by atoms with Crippen molar-refractivity contribution in [2.75, 3.05) is 14.1 Å². The van der Waals surface area contributed by atoms with Gasteiger partial charge in [0.2, 0.25) is 10.0 Å². The number of hydrogen-bond acceptors (Lipinski definition) is 3. The minimum absolute atomic E-state index is 0.136. The molecule has 0 unspecified atom stereocenters. The van der Waals surface area contributed by atoms with Crippen molar-refractivity contribution in [2.24, 2.45) is 0 Å². The van der Waals surface area contributed by atoms with Crippen molar-refractivity contribution in [3.8, 4) is 0 Å². The molecule has 1 rings (SSSR count). The van der Waals surface area contributed by atoms with Crippen LogP contribution in [0.4, 0.5) is 0 Å². The highest BCUT2D eigenvalue weighted by Crippen LogP contribution is 2.23. The first-order chi connectivity index (χ1) is 10.6. The third-order valence-electron chi connectivity index (χ3n) is 3.22. The van der Waals surface area contributed by atoms with Gasteiger partial charge in [0, 0.05) is 14.1 Å². The standard InChI is InChI=1S/C17H21NO4S/c1-12(10-17(19)20)6-7-13(2)16-9-8-15(11-14(16)3)23(21,22)18(4)5/h6-9,11H,1-2,10H2,3-5H3,(H,19,20). The van der Waals surface area contributed by atoms with Gasteiger partial charge in [0.05, 0.1) is 11.3 Å². The summed E-state index contributed by atoms with van der Waals surface area (Å²) in [5, 5.41) is 8.68. The number of carbonyl (C=O) groups is 1. The number of nitrogens with zero attached hydrogens (tertiary/aromatic N) is 1. The minimum Gasteiger partial charge on any atom is -0.481 e. The molecule has 0 saturated carbocycles. The summed E-state index contributed by atoms with van der Waals surface area (Å²) in [4.78, 5) is 10.8. The number of benzene rings is 1. The van der Waals surface area contributed by atoms with Crippen molar-refractivity contribution in [3.63, 3.8) is 0 Å². The summed E-state index contributed by atoms with van der Waals surface area (Å²) in [6, 6.07) is 4.82. The van der Waals surface area contributed by atoms with E-state index in [4.69, 9.17) is 5.11 Å². The molecule has 5 nitrogen and oxygen atoms in total. The highest BCUT2D eigenvalue weighted by atomic mass is 32.2. The average Bonchev–Trinajstić information content (AvgIpc) is 2.43. The smallest absolute Gasteiger partial charge is 0.307 e. The van der Waals surface area contributed by atoms with Crippen LogP contribution in [-0.4, -0.2) is 37.9 Å². The highest BCUT2D eigenvalue weighted by Gasteiger charge is 2.17. The van der Waals surface area contributed by atoms with E-state index in [2.05, 4.69) is 13.2 Å². The summed E-state index contributed by atoms with van der Waals surface area (Å²) in [5.74, 6) is -0.945. The fourth-order valence-corrected chi connectivity index (χ4v) is 2.92. The summed E-state index contributed by atoms with van der Waals surface area (Å²) < 4.78 is 25.4. The Balaban J connectivity index is 3.03. The predicted molar refractivity (Wildman–Crippen MR) is 91.6 cm³/mol. The van der Waals surface area contributed by atoms with Gasteiger partial charge in [0.15, 0.2) is 0 Å². The number of carboxylic acids is 1. The Morgan fingerprint density at radius 2 is 1.87 bits per heavy atom. The van der Waals surface area contributed by atoms with Crippen molar-refractivity contribution >= 4 is 21.6 Å². The van der Waals surface area contributed by atoms with Crippen LogP contribution in [0.3, 0.4) is 0 Å². The van der Waals surface area contributed by atoms with Crippen LogP contribution in [0, 0.1) is 6.92 Å². The summed E-state index contributed by atoms with van der Waals surface area (Å²) in [6.45, 7) is 9.38. The van der Waals surface area contributed by atoms with Crippen LogP contribution in [0.25, 0.3) is 5.57 Å². The van der Waals surface area contributed by atoms with E-state index in [0.717, 1.165) is 15.4 Å². The van der Waals surface area contributed by atoms with Gasteiger partial charge in [-0.25, -0.2) is 12.7 Å². The third-order valence-corrected chi connectivity index (χ3v) is 5.03. The fraction of sp³-hybridized carbons (Fsp3) is 0.235. The number of hydrogen-bond donors (Lipinski definition) is 1. The first-order valence-electron chi connectivity index (χ1n) is 6.86. The molecule has 0 atom stereocenters. The molecule has 0 spiro atoms. The Bertz CT molecular complexity index is 774. The molecule has 23 heavy (non-hydrogen) atoms. The number of carboxylic acid groups (broad SMARTS) is 1. The van der Waals surface area contributed by atoms with Gasteiger partial charge >= 0.3 is 5.97 Å². The predicted octanol–water partition coefficient (Wildman–Crippen LogP) is 2.85. The van der Waals surface area contributed by atoms with Gasteiger partial charge in [-0.1, -0.05) is 31.4 Å². The third kappa shape index (κ3) is 4.91. The maximum Gasteiger partial charge on any atom is 0.307 e. The molecule has 0 aromatic heterocycles. The van der Waals surface area contributed by atoms with E-state index in [9.17, 15) is 13.2 Å². The Hall–Kier alpha value is -2.18. The van der Waals surface area contributed by atoms with E-state index in [0.29, 0.717) is 11.1 Å². The molecule has 1 N–H and O–H groups in total. The minimum atomic E-state index is -3.47. The lowest BCUT2D eigenvalue weighted by Crippen LogP contribution is -2.22. The Morgan fingerprint density at radius 1 is 1.26 bits per heavy atom. The van der Waals surface area contributed by atoms with Crippen molar-refractivity contribution in [3.05, 3.63) is 60.2 Å². The summed E-state index contributed by atoms with van der Waals surface area (Å²) in [7, 11) is -0.514. The number of aliphatic carboxylic acids is 1. The van der Waals surface area contributed by atoms with Crippen LogP contribution >= 0.6 is 0 Å². The van der Waals surface area contributed by atoms with Crippen molar-refractivity contribution in [1.82, 2.24) is 4.31 Å². The zero-order chi connectivity index (χ0) is 17.8. The lowest BCUT2D eigenvalue weighted by Gasteiger charge is -2.13. The van der Waals surface area contributed by atoms with Gasteiger partial charge in [-0.3, -0.25) is 4.79 Å². The molecule has 0 radical (unpaired) electrons. The Labute approximate surface area is 137 Å². The van der Waals surface area contributed by atoms with Gasteiger partial charge in [-0.2, -0.15) is 0 Å². The van der Waals surface area contributed by atoms with E-state index in [1.54, 1.807) is 31.2 Å². The average molecular weight is 335 g/mol. The van der Waals surface area contributed by atoms with E-state index in [1.165, 1.54) is 20.2 Å². The van der Waals surface area contributed by atoms with E-state index in [1.807, 2.05) is 0 Å². The van der Waals surface area contributed by atoms with Gasteiger partial charge in [-0.05, 0) is 41.3 Å². The molecule has 1 aromatic carbocycles. The second kappa shape index (κ2) is 7.39. The van der Waals surface area contributed by atoms with Gasteiger partial charge < -0.3 is 5.11 Å². The summed E-state index contributed by atoms with van der Waals surface area (Å²) in [5.41, 5.74) is 2.68. The first-order valence-corrected chi connectivity index (χ1v) is 8.30. The van der Waals surface area contributed by atoms with E-state index >= 15 is 0 Å². The number of rotatable bonds is 7. The largest absolute Gasteiger partial charge is 0.481 e. The highest BCUT2D eigenvalue weighted by molar-refractivity contribution is 7.89. The maximum atomic E-state index is 12.1. The maximum absolute atomic E-state index is 12.1. The molecule has 124 valence electrons. The van der Waals surface area contributed by atoms with Crippen molar-refractivity contribution < 1.29 is 18.3 Å². The summed E-state index contributed by atoms with van der Waals surface area (Å²) >= 11 is 0. The second-order valence-electron chi connectivity index (χ2n) is 5.35. The lowest BCUT2D eigenvalue weighted by atomic mass is 10.0. The molecule has 0 aliphatic heterocycles.